The van der Waals surface area contributed by atoms with Crippen LogP contribution in [0.25, 0.3) is 29.5 Å². The van der Waals surface area contributed by atoms with E-state index in [1.807, 2.05) is 138 Å². The van der Waals surface area contributed by atoms with Gasteiger partial charge in [-0.05, 0) is 224 Å². The monoisotopic (exact) mass is 1770 g/mol. The number of hydrogen-bond acceptors (Lipinski definition) is 19. The number of likely N-dealkylation sites (N-methyl/N-ethyl adjacent to an activating group) is 1. The topological polar surface area (TPSA) is 301 Å². The number of amides is 5. The van der Waals surface area contributed by atoms with E-state index in [4.69, 9.17) is 58.8 Å². The maximum absolute atomic E-state index is 12.9. The highest BCUT2D eigenvalue weighted by molar-refractivity contribution is 9.10. The number of hydrogen-bond donors (Lipinski definition) is 5. The van der Waals surface area contributed by atoms with Gasteiger partial charge in [0.15, 0.2) is 21.5 Å². The number of ether oxygens (including phenoxy) is 2. The molecule has 0 bridgehead atoms. The highest BCUT2D eigenvalue weighted by atomic mass is 79.9. The molecule has 23 nitrogen and oxygen atoms in total. The highest BCUT2D eigenvalue weighted by Gasteiger charge is 2.33. The number of thiocarbonyl (C=S) groups is 2. The minimum atomic E-state index is -4.46. The molecule has 11 aromatic rings. The second-order valence-corrected chi connectivity index (χ2v) is 30.1. The zero-order valence-electron chi connectivity index (χ0n) is 64.1. The van der Waals surface area contributed by atoms with Crippen LogP contribution in [0.5, 0.6) is 11.6 Å². The average molecular weight is 1770 g/mol. The lowest BCUT2D eigenvalue weighted by atomic mass is 10.0. The summed E-state index contributed by atoms with van der Waals surface area (Å²) < 4.78 is 94.7. The summed E-state index contributed by atoms with van der Waals surface area (Å²) in [6.07, 6.45) is 15.8. The summed E-state index contributed by atoms with van der Waals surface area (Å²) in [6.45, 7) is 13.3. The molecule has 119 heavy (non-hydrogen) atoms. The number of nitrogens with zero attached hydrogens (tertiary/aromatic N) is 5. The molecule has 5 N–H and O–H groups in total. The van der Waals surface area contributed by atoms with E-state index < -0.39 is 51.5 Å². The van der Waals surface area contributed by atoms with E-state index in [2.05, 4.69) is 72.7 Å². The third-order valence-electron chi connectivity index (χ3n) is 16.6. The van der Waals surface area contributed by atoms with Crippen molar-refractivity contribution in [1.29, 1.82) is 0 Å². The zero-order valence-corrected chi connectivity index (χ0v) is 69.7. The molecule has 0 spiro atoms. The van der Waals surface area contributed by atoms with Gasteiger partial charge in [0.25, 0.3) is 21.8 Å². The summed E-state index contributed by atoms with van der Waals surface area (Å²) in [5.41, 5.74) is 11.4. The van der Waals surface area contributed by atoms with Gasteiger partial charge in [0.2, 0.25) is 17.6 Å². The van der Waals surface area contributed by atoms with Crippen LogP contribution < -0.4 is 31.4 Å². The van der Waals surface area contributed by atoms with E-state index in [-0.39, 0.29) is 46.4 Å². The summed E-state index contributed by atoms with van der Waals surface area (Å²) in [7, 11) is -3.73. The second-order valence-electron chi connectivity index (χ2n) is 25.0. The van der Waals surface area contributed by atoms with Crippen molar-refractivity contribution in [3.05, 3.63) is 339 Å². The molecule has 1 saturated heterocycles. The molecule has 5 amide bonds. The lowest BCUT2D eigenvalue weighted by molar-refractivity contribution is -0.141. The number of benzene rings is 6. The van der Waals surface area contributed by atoms with E-state index in [0.29, 0.717) is 60.1 Å². The van der Waals surface area contributed by atoms with Crippen LogP contribution in [0, 0.1) is 13.8 Å². The van der Waals surface area contributed by atoms with Crippen LogP contribution in [0.1, 0.15) is 77.0 Å². The molecular weight excluding hydrogens is 1690 g/mol. The molecule has 610 valence electrons. The molecule has 1 aliphatic heterocycles. The predicted octanol–water partition coefficient (Wildman–Crippen LogP) is 18.8. The molecule has 5 aromatic heterocycles. The number of pyridine rings is 1. The van der Waals surface area contributed by atoms with Crippen molar-refractivity contribution in [3.63, 3.8) is 0 Å². The highest BCUT2D eigenvalue weighted by Crippen LogP contribution is 2.34. The number of imidazole rings is 1. The van der Waals surface area contributed by atoms with Crippen molar-refractivity contribution >= 4 is 155 Å². The summed E-state index contributed by atoms with van der Waals surface area (Å²) in [6, 6.07) is 56.0. The smallest absolute Gasteiger partial charge is 0.416 e. The van der Waals surface area contributed by atoms with E-state index >= 15 is 0 Å². The Labute approximate surface area is 711 Å². The Morgan fingerprint density at radius 3 is 2.16 bits per heavy atom. The Bertz CT molecular complexity index is 5730. The number of sulfonamides is 1. The van der Waals surface area contributed by atoms with Crippen molar-refractivity contribution in [2.45, 2.75) is 68.5 Å². The number of anilines is 1. The van der Waals surface area contributed by atoms with Crippen LogP contribution in [0.4, 0.5) is 23.7 Å². The molecule has 0 unspecified atom stereocenters. The van der Waals surface area contributed by atoms with Crippen molar-refractivity contribution < 1.29 is 73.1 Å². The molecule has 1 aliphatic carbocycles. The number of aryl methyl sites for hydroxylation is 2. The minimum absolute atomic E-state index is 0.01000. The van der Waals surface area contributed by atoms with Crippen LogP contribution >= 0.6 is 63.7 Å². The van der Waals surface area contributed by atoms with Crippen molar-refractivity contribution in [2.75, 3.05) is 18.5 Å². The SMILES string of the molecule is C/C(=N\NC(=S)Nc1ccccc1C)c1ccc(C)cc1.C=C/C(=C\C)N(CC)S(=O)(=O)c1ccc(Oc2ccc(-n3ccnc3)cc2)nc1.O=C(/C=C/c1ccc(Br)o1)OCC(=O)C1=CCc2ccccc21.O=C(/C=C/c1ccco1)NC(=S)Cc1ccccc1C(F)(F)F.O=C1NC(=O)C(=Cc2ccc(Sc3ccc(Cl)cc3)o2)C(=O)N1. The van der Waals surface area contributed by atoms with Gasteiger partial charge < -0.3 is 37.9 Å². The fraction of sp³-hybridized carbons (Fsp3) is 0.115. The number of barbiturate groups is 1. The predicted molar refractivity (Wildman–Crippen MR) is 462 cm³/mol. The fourth-order valence-electron chi connectivity index (χ4n) is 10.7. The third-order valence-corrected chi connectivity index (χ3v) is 20.6. The number of halogens is 5. The van der Waals surface area contributed by atoms with E-state index in [0.717, 1.165) is 56.7 Å². The zero-order chi connectivity index (χ0) is 85.6. The van der Waals surface area contributed by atoms with E-state index in [9.17, 15) is 50.4 Å². The molecule has 1 fully saturated rings. The first-order valence-electron chi connectivity index (χ1n) is 35.9. The number of Topliss-reactive ketones (excluding diaryl/α,β-unsaturated/α-hetero) is 1. The number of carbonyl (C=O) groups is 6. The summed E-state index contributed by atoms with van der Waals surface area (Å²) >= 11 is 20.6. The number of alkyl halides is 3. The van der Waals surface area contributed by atoms with Crippen molar-refractivity contribution in [3.8, 4) is 17.3 Å². The van der Waals surface area contributed by atoms with Gasteiger partial charge in [-0.25, -0.2) is 28.0 Å². The van der Waals surface area contributed by atoms with E-state index in [1.165, 1.54) is 101 Å². The minimum Gasteiger partial charge on any atom is -0.465 e. The largest absolute Gasteiger partial charge is 0.465 e. The number of imide groups is 2. The molecule has 0 atom stereocenters. The van der Waals surface area contributed by atoms with Crippen LogP contribution in [0.2, 0.25) is 5.02 Å². The summed E-state index contributed by atoms with van der Waals surface area (Å²) in [5.74, 6) is -0.611. The number of fused-ring (bicyclic) bond motifs is 1. The van der Waals surface area contributed by atoms with Crippen LogP contribution in [0.15, 0.2) is 311 Å². The number of hydrazone groups is 1. The van der Waals surface area contributed by atoms with Crippen molar-refractivity contribution in [1.82, 2.24) is 40.2 Å². The number of ketones is 1. The van der Waals surface area contributed by atoms with Gasteiger partial charge in [-0.3, -0.25) is 39.5 Å². The Hall–Kier alpha value is -12.9. The van der Waals surface area contributed by atoms with Crippen LogP contribution in [-0.2, 0) is 57.8 Å². The number of carbonyl (C=O) groups excluding carboxylic acids is 6. The fourth-order valence-corrected chi connectivity index (χ4v) is 13.9. The first-order chi connectivity index (χ1) is 57.0. The second kappa shape index (κ2) is 43.9. The molecule has 13 rings (SSSR count). The normalized spacial score (nSPS) is 12.4. The van der Waals surface area contributed by atoms with Gasteiger partial charge in [0.05, 0.1) is 35.1 Å². The first-order valence-corrected chi connectivity index (χ1v) is 40.1. The van der Waals surface area contributed by atoms with Gasteiger partial charge in [-0.1, -0.05) is 145 Å². The Kier molecular flexibility index (Phi) is 33.2. The molecule has 32 heteroatoms. The van der Waals surface area contributed by atoms with Gasteiger partial charge in [0.1, 0.15) is 33.5 Å². The van der Waals surface area contributed by atoms with E-state index in [1.54, 1.807) is 81.0 Å². The number of esters is 1. The molecule has 2 aliphatic rings. The van der Waals surface area contributed by atoms with Crippen LogP contribution in [-0.4, -0.2) is 91.7 Å². The number of allylic oxidation sites excluding steroid dienone is 3. The van der Waals surface area contributed by atoms with Gasteiger partial charge in [-0.2, -0.15) is 18.3 Å². The van der Waals surface area contributed by atoms with Gasteiger partial charge in [-0.15, -0.1) is 0 Å². The third kappa shape index (κ3) is 27.6. The van der Waals surface area contributed by atoms with Gasteiger partial charge >= 0.3 is 18.2 Å². The Balaban J connectivity index is 0.000000170. The average Bonchev–Trinajstić information content (AvgIpc) is 1.29. The number of rotatable bonds is 23. The Morgan fingerprint density at radius 2 is 1.51 bits per heavy atom. The summed E-state index contributed by atoms with van der Waals surface area (Å²) in [5, 5.41) is 15.5. The number of aromatic nitrogens is 3. The molecule has 6 aromatic carbocycles. The van der Waals surface area contributed by atoms with Crippen molar-refractivity contribution in [2.24, 2.45) is 5.10 Å². The summed E-state index contributed by atoms with van der Waals surface area (Å²) in [4.78, 5) is 79.0. The standard InChI is InChI=1S/C21H22N4O3S.C18H13BrO4.C17H19N3S.C16H12F3NO2S.C15H9ClN2O4S/c1-4-17(5-2)25(6-3)29(26,27)20-11-12-21(23-15-20)28-19-9-7-18(8-10-19)24-14-13-22-16-24;19-17-9-6-13(23-17)7-10-18(21)22-11-16(20)15-8-5-12-3-1-2-4-14(12)15;1-12-8-10-15(11-9-12)14(3)19-20-17(21)18-16-7-5-4-6-13(16)2;17-16(18,19)13-6-2-1-4-11(13)10-15(23)20-14(21)8-7-12-5-3-9-22-12;16-8-1-4-10(5-2-8)23-12-6-3-9(22-12)7-11-13(19)17-15(21)18-14(11)20/h4-5,7-16H,1,6H2,2-3H3;1-4,6-10H,5,11H2;4-11H,1-3H3,(H2,18,20,21);1-9H,10H2,(H,20,21,23);1-7H,(H2,17,18,19,20,21)/b17-5+;10-7+;19-14+;8-7+;. The molecular formula is C87H75BrClF3N10O13S4. The molecule has 0 saturated carbocycles. The lowest BCUT2D eigenvalue weighted by Crippen LogP contribution is -2.51. The number of urea groups is 1. The van der Waals surface area contributed by atoms with Crippen LogP contribution in [0.3, 0.4) is 0 Å². The lowest BCUT2D eigenvalue weighted by Gasteiger charge is -2.23. The number of nitrogens with one attached hydrogen (secondary N) is 5. The maximum atomic E-state index is 12.9. The number of furan rings is 3. The van der Waals surface area contributed by atoms with Gasteiger partial charge in [0, 0.05) is 76.1 Å². The molecule has 6 heterocycles. The molecule has 0 radical (unpaired) electrons. The Morgan fingerprint density at radius 1 is 0.815 bits per heavy atom. The quantitative estimate of drug-likeness (QED) is 0.00756. The number of para-hydroxylation sites is 1. The first kappa shape index (κ1) is 90.0. The maximum Gasteiger partial charge on any atom is 0.416 e.